The molecule has 0 saturated carbocycles. The third kappa shape index (κ3) is 3.47. The van der Waals surface area contributed by atoms with Crippen LogP contribution in [0.2, 0.25) is 0 Å². The van der Waals surface area contributed by atoms with Crippen LogP contribution in [0.3, 0.4) is 0 Å². The average Bonchev–Trinajstić information content (AvgIpc) is 3.14. The predicted molar refractivity (Wildman–Crippen MR) is 97.2 cm³/mol. The second-order valence-corrected chi connectivity index (χ2v) is 6.70. The number of nitrogens with zero attached hydrogens (tertiary/aromatic N) is 3. The van der Waals surface area contributed by atoms with Crippen LogP contribution in [0.4, 0.5) is 0 Å². The lowest BCUT2D eigenvalue weighted by atomic mass is 10.1. The Labute approximate surface area is 151 Å². The molecule has 1 atom stereocenters. The highest BCUT2D eigenvalue weighted by molar-refractivity contribution is 6.05. The molecule has 26 heavy (non-hydrogen) atoms. The summed E-state index contributed by atoms with van der Waals surface area (Å²) < 4.78 is 1.37. The highest BCUT2D eigenvalue weighted by atomic mass is 16.4. The van der Waals surface area contributed by atoms with Crippen LogP contribution in [0.5, 0.6) is 0 Å². The second kappa shape index (κ2) is 7.68. The van der Waals surface area contributed by atoms with Crippen molar-refractivity contribution in [2.24, 2.45) is 5.92 Å². The molecule has 1 aliphatic rings. The Hall–Kier alpha value is -2.70. The van der Waals surface area contributed by atoms with Gasteiger partial charge in [-0.2, -0.15) is 5.10 Å². The average molecular weight is 357 g/mol. The maximum atomic E-state index is 13.0. The minimum absolute atomic E-state index is 0.180. The van der Waals surface area contributed by atoms with Crippen LogP contribution in [0.25, 0.3) is 10.8 Å². The topological polar surface area (TPSA) is 92.5 Å². The van der Waals surface area contributed by atoms with Gasteiger partial charge < -0.3 is 10.0 Å². The molecule has 0 spiro atoms. The van der Waals surface area contributed by atoms with Crippen molar-refractivity contribution in [2.45, 2.75) is 39.2 Å². The monoisotopic (exact) mass is 357 g/mol. The fourth-order valence-electron chi connectivity index (χ4n) is 3.35. The lowest BCUT2D eigenvalue weighted by Gasteiger charge is -2.17. The maximum absolute atomic E-state index is 13.0. The van der Waals surface area contributed by atoms with Crippen molar-refractivity contribution in [2.75, 3.05) is 13.1 Å². The molecule has 0 bridgehead atoms. The van der Waals surface area contributed by atoms with Gasteiger partial charge in [0.15, 0.2) is 5.69 Å². The Morgan fingerprint density at radius 3 is 2.62 bits per heavy atom. The Morgan fingerprint density at radius 1 is 1.23 bits per heavy atom. The van der Waals surface area contributed by atoms with Gasteiger partial charge in [0, 0.05) is 25.0 Å². The fraction of sp³-hybridized carbons (Fsp3) is 0.474. The Kier molecular flexibility index (Phi) is 5.35. The number of hydrogen-bond acceptors (Lipinski definition) is 4. The number of amides is 1. The normalized spacial score (nSPS) is 17.0. The second-order valence-electron chi connectivity index (χ2n) is 6.70. The van der Waals surface area contributed by atoms with Gasteiger partial charge in [0.2, 0.25) is 0 Å². The predicted octanol–water partition coefficient (Wildman–Crippen LogP) is 2.13. The van der Waals surface area contributed by atoms with E-state index in [1.165, 1.54) is 9.58 Å². The maximum Gasteiger partial charge on any atom is 0.308 e. The molecule has 1 aliphatic heterocycles. The third-order valence-electron chi connectivity index (χ3n) is 4.87. The number of unbranched alkanes of at least 4 members (excludes halogenated alkanes) is 2. The van der Waals surface area contributed by atoms with E-state index < -0.39 is 11.9 Å². The van der Waals surface area contributed by atoms with Crippen LogP contribution in [-0.4, -0.2) is 44.8 Å². The molecule has 1 aromatic heterocycles. The van der Waals surface area contributed by atoms with E-state index >= 15 is 0 Å². The zero-order valence-corrected chi connectivity index (χ0v) is 14.9. The number of benzene rings is 1. The van der Waals surface area contributed by atoms with Crippen LogP contribution in [0.1, 0.15) is 43.1 Å². The summed E-state index contributed by atoms with van der Waals surface area (Å²) in [7, 11) is 0. The highest BCUT2D eigenvalue weighted by Gasteiger charge is 2.32. The van der Waals surface area contributed by atoms with Crippen molar-refractivity contribution in [1.29, 1.82) is 0 Å². The first-order valence-electron chi connectivity index (χ1n) is 9.05. The van der Waals surface area contributed by atoms with Crippen molar-refractivity contribution in [3.05, 3.63) is 40.3 Å². The summed E-state index contributed by atoms with van der Waals surface area (Å²) in [6.45, 7) is 3.12. The molecule has 0 aliphatic carbocycles. The first-order chi connectivity index (χ1) is 12.5. The smallest absolute Gasteiger partial charge is 0.308 e. The SMILES string of the molecule is CCCCCn1nc(C(=O)N2CC[C@@H](C(=O)O)C2)c2ccccc2c1=O. The number of rotatable bonds is 6. The minimum atomic E-state index is -0.886. The Bertz CT molecular complexity index is 890. The van der Waals surface area contributed by atoms with Gasteiger partial charge in [-0.15, -0.1) is 0 Å². The number of carboxylic acids is 1. The molecule has 2 aromatic rings. The lowest BCUT2D eigenvalue weighted by molar-refractivity contribution is -0.141. The number of likely N-dealkylation sites (tertiary alicyclic amines) is 1. The van der Waals surface area contributed by atoms with Gasteiger partial charge in [0.25, 0.3) is 11.5 Å². The van der Waals surface area contributed by atoms with Gasteiger partial charge in [-0.1, -0.05) is 38.0 Å². The van der Waals surface area contributed by atoms with Crippen molar-refractivity contribution in [3.63, 3.8) is 0 Å². The molecule has 0 unspecified atom stereocenters. The molecule has 1 saturated heterocycles. The molecule has 1 N–H and O–H groups in total. The molecule has 2 heterocycles. The van der Waals surface area contributed by atoms with Crippen molar-refractivity contribution < 1.29 is 14.7 Å². The number of aryl methyl sites for hydroxylation is 1. The molecular weight excluding hydrogens is 334 g/mol. The first kappa shape index (κ1) is 18.1. The van der Waals surface area contributed by atoms with Gasteiger partial charge in [0.05, 0.1) is 11.3 Å². The quantitative estimate of drug-likeness (QED) is 0.800. The number of carbonyl (C=O) groups excluding carboxylic acids is 1. The fourth-order valence-corrected chi connectivity index (χ4v) is 3.35. The number of hydrogen-bond donors (Lipinski definition) is 1. The van der Waals surface area contributed by atoms with Gasteiger partial charge in [0.1, 0.15) is 0 Å². The molecule has 138 valence electrons. The van der Waals surface area contributed by atoms with Crippen LogP contribution in [0.15, 0.2) is 29.1 Å². The van der Waals surface area contributed by atoms with E-state index in [-0.39, 0.29) is 23.7 Å². The summed E-state index contributed by atoms with van der Waals surface area (Å²) in [6.07, 6.45) is 3.27. The molecule has 0 radical (unpaired) electrons. The van der Waals surface area contributed by atoms with Crippen LogP contribution >= 0.6 is 0 Å². The number of aromatic nitrogens is 2. The van der Waals surface area contributed by atoms with E-state index in [2.05, 4.69) is 12.0 Å². The summed E-state index contributed by atoms with van der Waals surface area (Å²) in [5.41, 5.74) is 0.0285. The molecule has 1 amide bonds. The zero-order valence-electron chi connectivity index (χ0n) is 14.9. The number of carboxylic acid groups (broad SMARTS) is 1. The minimum Gasteiger partial charge on any atom is -0.481 e. The Balaban J connectivity index is 1.98. The summed E-state index contributed by atoms with van der Waals surface area (Å²) >= 11 is 0. The number of aliphatic carboxylic acids is 1. The van der Waals surface area contributed by atoms with E-state index in [9.17, 15) is 14.4 Å². The van der Waals surface area contributed by atoms with E-state index in [0.717, 1.165) is 19.3 Å². The first-order valence-corrected chi connectivity index (χ1v) is 9.05. The summed E-state index contributed by atoms with van der Waals surface area (Å²) in [5, 5.41) is 14.5. The summed E-state index contributed by atoms with van der Waals surface area (Å²) in [5.74, 6) is -1.74. The number of fused-ring (bicyclic) bond motifs is 1. The number of carbonyl (C=O) groups is 2. The third-order valence-corrected chi connectivity index (χ3v) is 4.87. The molecule has 7 nitrogen and oxygen atoms in total. The largest absolute Gasteiger partial charge is 0.481 e. The molecule has 3 rings (SSSR count). The van der Waals surface area contributed by atoms with E-state index in [4.69, 9.17) is 5.11 Å². The van der Waals surface area contributed by atoms with Gasteiger partial charge in [-0.3, -0.25) is 14.4 Å². The lowest BCUT2D eigenvalue weighted by Crippen LogP contribution is -2.34. The molecular formula is C19H23N3O4. The molecule has 7 heteroatoms. The highest BCUT2D eigenvalue weighted by Crippen LogP contribution is 2.21. The zero-order chi connectivity index (χ0) is 18.7. The molecule has 1 aromatic carbocycles. The van der Waals surface area contributed by atoms with Crippen LogP contribution < -0.4 is 5.56 Å². The van der Waals surface area contributed by atoms with Gasteiger partial charge >= 0.3 is 5.97 Å². The van der Waals surface area contributed by atoms with Crippen molar-refractivity contribution in [1.82, 2.24) is 14.7 Å². The van der Waals surface area contributed by atoms with E-state index in [0.29, 0.717) is 30.3 Å². The standard InChI is InChI=1S/C19H23N3O4/c1-2-3-6-10-22-17(23)15-8-5-4-7-14(15)16(20-22)18(24)21-11-9-13(12-21)19(25)26/h4-5,7-8,13H,2-3,6,9-12H2,1H3,(H,25,26)/t13-/m1/s1. The van der Waals surface area contributed by atoms with Crippen LogP contribution in [-0.2, 0) is 11.3 Å². The summed E-state index contributed by atoms with van der Waals surface area (Å²) in [6, 6.07) is 6.96. The molecule has 1 fully saturated rings. The van der Waals surface area contributed by atoms with Crippen LogP contribution in [0, 0.1) is 5.92 Å². The van der Waals surface area contributed by atoms with Gasteiger partial charge in [-0.25, -0.2) is 4.68 Å². The van der Waals surface area contributed by atoms with E-state index in [1.807, 2.05) is 0 Å². The van der Waals surface area contributed by atoms with Crippen molar-refractivity contribution >= 4 is 22.6 Å². The van der Waals surface area contributed by atoms with Crippen molar-refractivity contribution in [3.8, 4) is 0 Å². The van der Waals surface area contributed by atoms with E-state index in [1.54, 1.807) is 24.3 Å². The Morgan fingerprint density at radius 2 is 1.96 bits per heavy atom. The summed E-state index contributed by atoms with van der Waals surface area (Å²) in [4.78, 5) is 38.3. The van der Waals surface area contributed by atoms with Gasteiger partial charge in [-0.05, 0) is 18.9 Å².